The van der Waals surface area contributed by atoms with E-state index in [0.29, 0.717) is 11.8 Å². The molecule has 0 radical (unpaired) electrons. The second-order valence-electron chi connectivity index (χ2n) is 5.16. The van der Waals surface area contributed by atoms with Crippen molar-refractivity contribution in [1.82, 2.24) is 19.7 Å². The SMILES string of the molecule is CC1(n2cc(-c3nc(N)ncc3C(F)(F)F)cn2)CC1. The molecule has 2 N–H and O–H groups in total. The van der Waals surface area contributed by atoms with Gasteiger partial charge in [0, 0.05) is 18.0 Å². The maximum Gasteiger partial charge on any atom is 0.419 e. The summed E-state index contributed by atoms with van der Waals surface area (Å²) in [4.78, 5) is 7.14. The molecule has 3 rings (SSSR count). The molecule has 20 heavy (non-hydrogen) atoms. The lowest BCUT2D eigenvalue weighted by Gasteiger charge is -2.11. The molecule has 1 aliphatic rings. The van der Waals surface area contributed by atoms with E-state index in [1.54, 1.807) is 10.9 Å². The number of rotatable bonds is 2. The van der Waals surface area contributed by atoms with Crippen LogP contribution in [0.2, 0.25) is 0 Å². The Balaban J connectivity index is 2.09. The summed E-state index contributed by atoms with van der Waals surface area (Å²) in [7, 11) is 0. The maximum atomic E-state index is 13.0. The zero-order valence-electron chi connectivity index (χ0n) is 10.6. The van der Waals surface area contributed by atoms with Crippen molar-refractivity contribution in [3.8, 4) is 11.3 Å². The third kappa shape index (κ3) is 2.10. The Morgan fingerprint density at radius 1 is 1.30 bits per heavy atom. The molecule has 2 heterocycles. The fourth-order valence-corrected chi connectivity index (χ4v) is 1.97. The van der Waals surface area contributed by atoms with Crippen LogP contribution in [0.25, 0.3) is 11.3 Å². The average Bonchev–Trinajstić information content (AvgIpc) is 2.92. The number of nitrogens with zero attached hydrogens (tertiary/aromatic N) is 4. The number of hydrogen-bond donors (Lipinski definition) is 1. The smallest absolute Gasteiger partial charge is 0.368 e. The Labute approximate surface area is 112 Å². The Kier molecular flexibility index (Phi) is 2.54. The van der Waals surface area contributed by atoms with Crippen molar-refractivity contribution in [3.63, 3.8) is 0 Å². The highest BCUT2D eigenvalue weighted by Gasteiger charge is 2.41. The highest BCUT2D eigenvalue weighted by Crippen LogP contribution is 2.43. The summed E-state index contributed by atoms with van der Waals surface area (Å²) in [5.41, 5.74) is 4.45. The largest absolute Gasteiger partial charge is 0.419 e. The number of hydrogen-bond acceptors (Lipinski definition) is 4. The minimum atomic E-state index is -4.53. The Morgan fingerprint density at radius 3 is 2.60 bits per heavy atom. The lowest BCUT2D eigenvalue weighted by Crippen LogP contribution is -2.12. The molecule has 0 aromatic carbocycles. The van der Waals surface area contributed by atoms with E-state index in [4.69, 9.17) is 5.73 Å². The number of halogens is 3. The second-order valence-corrected chi connectivity index (χ2v) is 5.16. The molecule has 8 heteroatoms. The summed E-state index contributed by atoms with van der Waals surface area (Å²) in [5.74, 6) is -0.196. The molecular formula is C12H12F3N5. The van der Waals surface area contributed by atoms with E-state index in [9.17, 15) is 13.2 Å². The van der Waals surface area contributed by atoms with Crippen molar-refractivity contribution in [1.29, 1.82) is 0 Å². The van der Waals surface area contributed by atoms with Gasteiger partial charge in [-0.25, -0.2) is 9.97 Å². The van der Waals surface area contributed by atoms with Crippen LogP contribution in [-0.4, -0.2) is 19.7 Å². The van der Waals surface area contributed by atoms with Gasteiger partial charge < -0.3 is 5.73 Å². The first-order chi connectivity index (χ1) is 9.29. The Morgan fingerprint density at radius 2 is 2.00 bits per heavy atom. The molecule has 1 fully saturated rings. The molecule has 0 saturated heterocycles. The van der Waals surface area contributed by atoms with Crippen molar-refractivity contribution < 1.29 is 13.2 Å². The lowest BCUT2D eigenvalue weighted by molar-refractivity contribution is -0.137. The number of nitrogen functional groups attached to an aromatic ring is 1. The molecule has 1 aliphatic carbocycles. The monoisotopic (exact) mass is 283 g/mol. The Bertz CT molecular complexity index is 657. The molecule has 1 saturated carbocycles. The molecule has 0 atom stereocenters. The van der Waals surface area contributed by atoms with E-state index in [2.05, 4.69) is 15.1 Å². The van der Waals surface area contributed by atoms with Gasteiger partial charge in [0.1, 0.15) is 5.56 Å². The van der Waals surface area contributed by atoms with Gasteiger partial charge in [0.05, 0.1) is 17.4 Å². The van der Waals surface area contributed by atoms with Crippen molar-refractivity contribution in [3.05, 3.63) is 24.2 Å². The molecule has 0 bridgehead atoms. The van der Waals surface area contributed by atoms with E-state index < -0.39 is 11.7 Å². The van der Waals surface area contributed by atoms with E-state index in [1.807, 2.05) is 6.92 Å². The van der Waals surface area contributed by atoms with Gasteiger partial charge in [0.15, 0.2) is 0 Å². The molecular weight excluding hydrogens is 271 g/mol. The van der Waals surface area contributed by atoms with Crippen LogP contribution in [0, 0.1) is 0 Å². The third-order valence-electron chi connectivity index (χ3n) is 3.50. The highest BCUT2D eigenvalue weighted by atomic mass is 19.4. The highest BCUT2D eigenvalue weighted by molar-refractivity contribution is 5.63. The van der Waals surface area contributed by atoms with Crippen molar-refractivity contribution in [2.75, 3.05) is 5.73 Å². The van der Waals surface area contributed by atoms with Gasteiger partial charge in [0.2, 0.25) is 5.95 Å². The predicted molar refractivity (Wildman–Crippen MR) is 65.5 cm³/mol. The molecule has 0 unspecified atom stereocenters. The summed E-state index contributed by atoms with van der Waals surface area (Å²) in [6.45, 7) is 2.00. The Hall–Kier alpha value is -2.12. The lowest BCUT2D eigenvalue weighted by atomic mass is 10.1. The maximum absolute atomic E-state index is 13.0. The number of alkyl halides is 3. The van der Waals surface area contributed by atoms with E-state index in [0.717, 1.165) is 12.8 Å². The van der Waals surface area contributed by atoms with Crippen LogP contribution in [0.4, 0.5) is 19.1 Å². The van der Waals surface area contributed by atoms with E-state index in [1.165, 1.54) is 6.20 Å². The molecule has 0 aliphatic heterocycles. The van der Waals surface area contributed by atoms with Crippen LogP contribution >= 0.6 is 0 Å². The number of nitrogens with two attached hydrogens (primary N) is 1. The standard InChI is InChI=1S/C12H12F3N5/c1-11(2-3-11)20-6-7(4-18-20)9-8(12(13,14)15)5-17-10(16)19-9/h4-6H,2-3H2,1H3,(H2,16,17,19). The predicted octanol–water partition coefficient (Wildman–Crippen LogP) is 2.45. The molecule has 2 aromatic heterocycles. The first-order valence-corrected chi connectivity index (χ1v) is 6.05. The molecule has 5 nitrogen and oxygen atoms in total. The van der Waals surface area contributed by atoms with Crippen molar-refractivity contribution >= 4 is 5.95 Å². The summed E-state index contributed by atoms with van der Waals surface area (Å²) in [5, 5.41) is 4.13. The molecule has 2 aromatic rings. The van der Waals surface area contributed by atoms with Gasteiger partial charge in [-0.15, -0.1) is 0 Å². The van der Waals surface area contributed by atoms with Crippen LogP contribution < -0.4 is 5.73 Å². The minimum Gasteiger partial charge on any atom is -0.368 e. The summed E-state index contributed by atoms with van der Waals surface area (Å²) < 4.78 is 40.6. The van der Waals surface area contributed by atoms with Gasteiger partial charge in [-0.1, -0.05) is 0 Å². The first-order valence-electron chi connectivity index (χ1n) is 6.05. The zero-order valence-corrected chi connectivity index (χ0v) is 10.6. The van der Waals surface area contributed by atoms with Crippen molar-refractivity contribution in [2.24, 2.45) is 0 Å². The summed E-state index contributed by atoms with van der Waals surface area (Å²) in [6.07, 6.45) is 1.05. The topological polar surface area (TPSA) is 69.6 Å². The number of anilines is 1. The minimum absolute atomic E-state index is 0.0881. The average molecular weight is 283 g/mol. The van der Waals surface area contributed by atoms with Gasteiger partial charge in [-0.2, -0.15) is 18.3 Å². The fourth-order valence-electron chi connectivity index (χ4n) is 1.97. The van der Waals surface area contributed by atoms with Gasteiger partial charge >= 0.3 is 6.18 Å². The number of aromatic nitrogens is 4. The fraction of sp³-hybridized carbons (Fsp3) is 0.417. The van der Waals surface area contributed by atoms with Crippen LogP contribution in [0.5, 0.6) is 0 Å². The summed E-state index contributed by atoms with van der Waals surface area (Å²) >= 11 is 0. The molecule has 106 valence electrons. The molecule has 0 spiro atoms. The first kappa shape index (κ1) is 12.9. The quantitative estimate of drug-likeness (QED) is 0.919. The third-order valence-corrected chi connectivity index (χ3v) is 3.50. The van der Waals surface area contributed by atoms with E-state index >= 15 is 0 Å². The van der Waals surface area contributed by atoms with Gasteiger partial charge in [-0.3, -0.25) is 4.68 Å². The normalized spacial score (nSPS) is 17.2. The van der Waals surface area contributed by atoms with Crippen LogP contribution in [0.1, 0.15) is 25.3 Å². The van der Waals surface area contributed by atoms with Crippen LogP contribution in [0.15, 0.2) is 18.6 Å². The van der Waals surface area contributed by atoms with E-state index in [-0.39, 0.29) is 17.2 Å². The zero-order chi connectivity index (χ0) is 14.5. The van der Waals surface area contributed by atoms with Crippen molar-refractivity contribution in [2.45, 2.75) is 31.5 Å². The summed E-state index contributed by atoms with van der Waals surface area (Å²) in [6, 6.07) is 0. The second kappa shape index (κ2) is 3.94. The van der Waals surface area contributed by atoms with Crippen LogP contribution in [-0.2, 0) is 11.7 Å². The van der Waals surface area contributed by atoms with Gasteiger partial charge in [0.25, 0.3) is 0 Å². The molecule has 0 amide bonds. The van der Waals surface area contributed by atoms with Crippen LogP contribution in [0.3, 0.4) is 0 Å². The van der Waals surface area contributed by atoms with Gasteiger partial charge in [-0.05, 0) is 19.8 Å².